The highest BCUT2D eigenvalue weighted by atomic mass is 16.4. The van der Waals surface area contributed by atoms with Crippen LogP contribution in [0.25, 0.3) is 0 Å². The molecule has 1 fully saturated rings. The molecule has 0 aromatic heterocycles. The van der Waals surface area contributed by atoms with E-state index in [1.54, 1.807) is 6.08 Å². The zero-order valence-corrected chi connectivity index (χ0v) is 16.3. The van der Waals surface area contributed by atoms with Crippen molar-refractivity contribution in [2.45, 2.75) is 76.4 Å². The Balaban J connectivity index is 2.59. The first-order chi connectivity index (χ1) is 12.8. The van der Waals surface area contributed by atoms with Crippen molar-refractivity contribution in [3.63, 3.8) is 0 Å². The predicted molar refractivity (Wildman–Crippen MR) is 106 cm³/mol. The van der Waals surface area contributed by atoms with E-state index in [0.29, 0.717) is 32.1 Å². The van der Waals surface area contributed by atoms with E-state index in [-0.39, 0.29) is 30.5 Å². The smallest absolute Gasteiger partial charge is 0.303 e. The molecule has 1 aliphatic rings. The number of carboxylic acid groups (broad SMARTS) is 1. The molecule has 1 rings (SSSR count). The summed E-state index contributed by atoms with van der Waals surface area (Å²) in [5, 5.41) is 29.4. The summed E-state index contributed by atoms with van der Waals surface area (Å²) >= 11 is 0. The summed E-state index contributed by atoms with van der Waals surface area (Å²) in [6, 6.07) is 0. The second-order valence-electron chi connectivity index (χ2n) is 7.46. The standard InChI is InChI=1S/C22H34O5/c1-3-5-14-22(27,4-2)15-10-12-18-17(19(23)16-20(18)24)11-8-6-7-9-13-21(25)26/h4,6,8,10,12,17-18,20,24,27H,2-3,5,7,9,11,13-16H2,1H3,(H,25,26)/b8-6+,12-10-/t17-,18?,20-,22?/m1/s1. The number of ketones is 1. The number of allylic oxidation sites excluding steroid dienone is 2. The molecule has 0 saturated heterocycles. The van der Waals surface area contributed by atoms with Crippen LogP contribution in [0.1, 0.15) is 64.7 Å². The van der Waals surface area contributed by atoms with E-state index in [1.165, 1.54) is 0 Å². The van der Waals surface area contributed by atoms with Gasteiger partial charge in [0.2, 0.25) is 0 Å². The Morgan fingerprint density at radius 3 is 2.67 bits per heavy atom. The lowest BCUT2D eigenvalue weighted by molar-refractivity contribution is -0.137. The van der Waals surface area contributed by atoms with Crippen LogP contribution >= 0.6 is 0 Å². The molecule has 0 spiro atoms. The van der Waals surface area contributed by atoms with Crippen molar-refractivity contribution in [1.82, 2.24) is 0 Å². The first-order valence-electron chi connectivity index (χ1n) is 9.93. The molecule has 0 aliphatic heterocycles. The van der Waals surface area contributed by atoms with Crippen LogP contribution in [0.2, 0.25) is 0 Å². The normalized spacial score (nSPS) is 25.3. The fourth-order valence-corrected chi connectivity index (χ4v) is 3.46. The van der Waals surface area contributed by atoms with Crippen LogP contribution in [0.3, 0.4) is 0 Å². The maximum Gasteiger partial charge on any atom is 0.303 e. The topological polar surface area (TPSA) is 94.8 Å². The predicted octanol–water partition coefficient (Wildman–Crippen LogP) is 3.81. The van der Waals surface area contributed by atoms with Crippen molar-refractivity contribution in [1.29, 1.82) is 0 Å². The summed E-state index contributed by atoms with van der Waals surface area (Å²) in [7, 11) is 0. The third kappa shape index (κ3) is 8.22. The molecule has 1 saturated carbocycles. The van der Waals surface area contributed by atoms with Crippen LogP contribution in [0.4, 0.5) is 0 Å². The lowest BCUT2D eigenvalue weighted by Gasteiger charge is -2.23. The molecular weight excluding hydrogens is 344 g/mol. The maximum atomic E-state index is 12.2. The Morgan fingerprint density at radius 2 is 2.04 bits per heavy atom. The molecule has 0 aromatic carbocycles. The number of carbonyl (C=O) groups excluding carboxylic acids is 1. The van der Waals surface area contributed by atoms with Gasteiger partial charge in [-0.1, -0.05) is 50.1 Å². The summed E-state index contributed by atoms with van der Waals surface area (Å²) in [4.78, 5) is 22.7. The molecule has 2 unspecified atom stereocenters. The van der Waals surface area contributed by atoms with E-state index in [1.807, 2.05) is 24.3 Å². The van der Waals surface area contributed by atoms with Gasteiger partial charge in [-0.2, -0.15) is 0 Å². The van der Waals surface area contributed by atoms with Gasteiger partial charge < -0.3 is 15.3 Å². The van der Waals surface area contributed by atoms with Gasteiger partial charge in [0.25, 0.3) is 0 Å². The monoisotopic (exact) mass is 378 g/mol. The number of aliphatic hydroxyl groups is 2. The number of carboxylic acids is 1. The lowest BCUT2D eigenvalue weighted by atomic mass is 9.88. The fourth-order valence-electron chi connectivity index (χ4n) is 3.46. The Bertz CT molecular complexity index is 551. The Kier molecular flexibility index (Phi) is 10.3. The zero-order valence-electron chi connectivity index (χ0n) is 16.3. The largest absolute Gasteiger partial charge is 0.481 e. The molecule has 5 nitrogen and oxygen atoms in total. The van der Waals surface area contributed by atoms with Crippen LogP contribution in [0, 0.1) is 11.8 Å². The average molecular weight is 379 g/mol. The van der Waals surface area contributed by atoms with Gasteiger partial charge in [0, 0.05) is 24.7 Å². The first-order valence-corrected chi connectivity index (χ1v) is 9.93. The molecule has 0 amide bonds. The molecule has 0 aromatic rings. The van der Waals surface area contributed by atoms with Crippen molar-refractivity contribution in [2.75, 3.05) is 0 Å². The van der Waals surface area contributed by atoms with Crippen molar-refractivity contribution in [3.8, 4) is 0 Å². The third-order valence-corrected chi connectivity index (χ3v) is 5.22. The molecule has 152 valence electrons. The molecule has 5 heteroatoms. The first kappa shape index (κ1) is 23.3. The Hall–Kier alpha value is -1.72. The van der Waals surface area contributed by atoms with Crippen LogP contribution in [0.15, 0.2) is 37.0 Å². The summed E-state index contributed by atoms with van der Waals surface area (Å²) in [5.74, 6) is -1.26. The number of Topliss-reactive ketones (excluding diaryl/α,β-unsaturated/α-hetero) is 1. The quantitative estimate of drug-likeness (QED) is 0.335. The molecule has 0 bridgehead atoms. The number of rotatable bonds is 13. The molecular formula is C22H34O5. The number of hydrogen-bond acceptors (Lipinski definition) is 4. The summed E-state index contributed by atoms with van der Waals surface area (Å²) in [6.07, 6.45) is 13.5. The fraction of sp³-hybridized carbons (Fsp3) is 0.636. The van der Waals surface area contributed by atoms with Crippen LogP contribution in [-0.2, 0) is 9.59 Å². The summed E-state index contributed by atoms with van der Waals surface area (Å²) < 4.78 is 0. The Labute approximate surface area is 162 Å². The van der Waals surface area contributed by atoms with Gasteiger partial charge in [0.05, 0.1) is 11.7 Å². The number of aliphatic carboxylic acids is 1. The van der Waals surface area contributed by atoms with E-state index in [2.05, 4.69) is 13.5 Å². The minimum Gasteiger partial charge on any atom is -0.481 e. The lowest BCUT2D eigenvalue weighted by Crippen LogP contribution is -2.25. The molecule has 0 radical (unpaired) electrons. The minimum absolute atomic E-state index is 0.0531. The number of aliphatic hydroxyl groups excluding tert-OH is 1. The molecule has 3 N–H and O–H groups in total. The Morgan fingerprint density at radius 1 is 1.30 bits per heavy atom. The van der Waals surface area contributed by atoms with Gasteiger partial charge in [0.1, 0.15) is 5.78 Å². The van der Waals surface area contributed by atoms with Crippen LogP contribution in [-0.4, -0.2) is 38.8 Å². The van der Waals surface area contributed by atoms with Crippen molar-refractivity contribution in [3.05, 3.63) is 37.0 Å². The van der Waals surface area contributed by atoms with Crippen LogP contribution in [0.5, 0.6) is 0 Å². The van der Waals surface area contributed by atoms with E-state index >= 15 is 0 Å². The van der Waals surface area contributed by atoms with E-state index < -0.39 is 17.7 Å². The summed E-state index contributed by atoms with van der Waals surface area (Å²) in [5.41, 5.74) is -0.945. The number of carbonyl (C=O) groups is 2. The maximum absolute atomic E-state index is 12.2. The number of hydrogen-bond donors (Lipinski definition) is 3. The highest BCUT2D eigenvalue weighted by Crippen LogP contribution is 2.34. The van der Waals surface area contributed by atoms with Crippen molar-refractivity contribution in [2.24, 2.45) is 11.8 Å². The van der Waals surface area contributed by atoms with Crippen molar-refractivity contribution < 1.29 is 24.9 Å². The molecule has 1 aliphatic carbocycles. The molecule has 0 heterocycles. The van der Waals surface area contributed by atoms with E-state index in [4.69, 9.17) is 5.11 Å². The summed E-state index contributed by atoms with van der Waals surface area (Å²) in [6.45, 7) is 5.79. The van der Waals surface area contributed by atoms with Gasteiger partial charge >= 0.3 is 5.97 Å². The van der Waals surface area contributed by atoms with Gasteiger partial charge in [0.15, 0.2) is 0 Å². The molecule has 27 heavy (non-hydrogen) atoms. The van der Waals surface area contributed by atoms with Crippen LogP contribution < -0.4 is 0 Å². The average Bonchev–Trinajstić information content (AvgIpc) is 2.89. The van der Waals surface area contributed by atoms with Crippen molar-refractivity contribution >= 4 is 11.8 Å². The van der Waals surface area contributed by atoms with E-state index in [0.717, 1.165) is 12.8 Å². The van der Waals surface area contributed by atoms with Gasteiger partial charge in [-0.15, -0.1) is 6.58 Å². The molecule has 4 atom stereocenters. The van der Waals surface area contributed by atoms with E-state index in [9.17, 15) is 19.8 Å². The highest BCUT2D eigenvalue weighted by Gasteiger charge is 2.39. The second-order valence-corrected chi connectivity index (χ2v) is 7.46. The SMILES string of the molecule is C=CC(O)(C/C=C\C1[C@H](O)CC(=O)[C@@H]1C/C=C/CCCC(=O)O)CCCC. The second kappa shape index (κ2) is 11.9. The number of unbranched alkanes of at least 4 members (excludes halogenated alkanes) is 2. The van der Waals surface area contributed by atoms with Gasteiger partial charge in [-0.25, -0.2) is 0 Å². The highest BCUT2D eigenvalue weighted by molar-refractivity contribution is 5.84. The minimum atomic E-state index is -0.945. The van der Waals surface area contributed by atoms with Gasteiger partial charge in [-0.3, -0.25) is 9.59 Å². The van der Waals surface area contributed by atoms with Gasteiger partial charge in [-0.05, 0) is 32.1 Å². The zero-order chi connectivity index (χ0) is 20.3. The third-order valence-electron chi connectivity index (χ3n) is 5.22.